The highest BCUT2D eigenvalue weighted by atomic mass is 28.3. The molecule has 1 aromatic heterocycles. The predicted octanol–water partition coefficient (Wildman–Crippen LogP) is 0.0159. The molecule has 23 heavy (non-hydrogen) atoms. The van der Waals surface area contributed by atoms with E-state index < -0.39 is 50.5 Å². The quantitative estimate of drug-likeness (QED) is 0.668. The number of nitrogens with zero attached hydrogens (tertiary/aromatic N) is 1. The molecule has 9 heteroatoms. The normalized spacial score (nSPS) is 28.6. The number of halogens is 1. The van der Waals surface area contributed by atoms with Gasteiger partial charge in [-0.25, -0.2) is 9.18 Å². The molecular weight excluding hydrogens is 323 g/mol. The summed E-state index contributed by atoms with van der Waals surface area (Å²) in [5.41, 5.74) is 0.706. The van der Waals surface area contributed by atoms with Crippen LogP contribution in [0, 0.1) is 0 Å². The molecule has 0 aliphatic carbocycles. The third-order valence-electron chi connectivity index (χ3n) is 3.51. The summed E-state index contributed by atoms with van der Waals surface area (Å²) in [4.78, 5) is 25.9. The topological polar surface area (TPSA) is 105 Å². The second-order valence-electron chi connectivity index (χ2n) is 6.63. The third kappa shape index (κ3) is 3.86. The first-order chi connectivity index (χ1) is 10.6. The fourth-order valence-electron chi connectivity index (χ4n) is 2.23. The number of aliphatic hydroxyl groups excluding tert-OH is 2. The van der Waals surface area contributed by atoms with E-state index in [1.165, 1.54) is 6.20 Å². The fraction of sp³-hybridized carbons (Fsp3) is 0.571. The van der Waals surface area contributed by atoms with Crippen molar-refractivity contribution in [1.29, 1.82) is 0 Å². The fourth-order valence-corrected chi connectivity index (χ4v) is 2.91. The van der Waals surface area contributed by atoms with E-state index in [1.54, 1.807) is 6.08 Å². The molecule has 0 aromatic carbocycles. The molecule has 2 rings (SSSR count). The Morgan fingerprint density at radius 1 is 1.43 bits per heavy atom. The van der Waals surface area contributed by atoms with Crippen molar-refractivity contribution < 1.29 is 19.3 Å². The zero-order chi connectivity index (χ0) is 17.4. The number of aliphatic hydroxyl groups is 2. The van der Waals surface area contributed by atoms with Crippen LogP contribution >= 0.6 is 0 Å². The van der Waals surface area contributed by atoms with Crippen molar-refractivity contribution in [2.24, 2.45) is 0 Å². The van der Waals surface area contributed by atoms with Crippen LogP contribution in [0.1, 0.15) is 11.8 Å². The van der Waals surface area contributed by atoms with Gasteiger partial charge < -0.3 is 14.9 Å². The highest BCUT2D eigenvalue weighted by molar-refractivity contribution is 6.81. The van der Waals surface area contributed by atoms with Crippen LogP contribution in [0.2, 0.25) is 19.6 Å². The number of H-pyrrole nitrogens is 1. The van der Waals surface area contributed by atoms with Crippen molar-refractivity contribution >= 4 is 14.1 Å². The minimum absolute atomic E-state index is 0.199. The molecule has 2 heterocycles. The Labute approximate surface area is 133 Å². The highest BCUT2D eigenvalue weighted by Gasteiger charge is 2.45. The lowest BCUT2D eigenvalue weighted by molar-refractivity contribution is -0.0491. The standard InChI is InChI=1S/C14H21FN2O5Si/c1-23(2,3)5-4-8-6-17(14(21)16-12(8)20)13-10(15)11(19)9(7-18)22-13/h4-6,9-11,13,18-19H,7H2,1-3H3,(H,16,20,21)/b5-4+/t9-,10-,11-,13-/m1/s1. The van der Waals surface area contributed by atoms with Gasteiger partial charge in [0, 0.05) is 6.20 Å². The summed E-state index contributed by atoms with van der Waals surface area (Å²) >= 11 is 0. The van der Waals surface area contributed by atoms with Gasteiger partial charge in [0.15, 0.2) is 12.4 Å². The number of hydrogen-bond acceptors (Lipinski definition) is 5. The van der Waals surface area contributed by atoms with Gasteiger partial charge in [0.1, 0.15) is 12.2 Å². The zero-order valence-corrected chi connectivity index (χ0v) is 14.2. The Morgan fingerprint density at radius 2 is 2.09 bits per heavy atom. The first-order valence-corrected chi connectivity index (χ1v) is 10.8. The van der Waals surface area contributed by atoms with Crippen LogP contribution < -0.4 is 11.2 Å². The van der Waals surface area contributed by atoms with Crippen LogP contribution in [0.15, 0.2) is 21.5 Å². The SMILES string of the molecule is C[Si](C)(C)/C=C/c1cn([C@@H]2O[C@H](CO)[C@@H](O)[C@H]2F)c(=O)[nH]c1=O. The molecule has 1 fully saturated rings. The number of rotatable bonds is 4. The predicted molar refractivity (Wildman–Crippen MR) is 85.6 cm³/mol. The van der Waals surface area contributed by atoms with Crippen LogP contribution in [0.4, 0.5) is 4.39 Å². The Kier molecular flexibility index (Phi) is 5.04. The molecule has 0 bridgehead atoms. The maximum atomic E-state index is 14.1. The van der Waals surface area contributed by atoms with Crippen molar-refractivity contribution in [3.05, 3.63) is 38.3 Å². The van der Waals surface area contributed by atoms with Crippen LogP contribution in [0.25, 0.3) is 6.08 Å². The van der Waals surface area contributed by atoms with Gasteiger partial charge in [0.2, 0.25) is 0 Å². The summed E-state index contributed by atoms with van der Waals surface area (Å²) in [5, 5.41) is 18.7. The summed E-state index contributed by atoms with van der Waals surface area (Å²) in [7, 11) is -1.57. The highest BCUT2D eigenvalue weighted by Crippen LogP contribution is 2.30. The molecule has 0 saturated carbocycles. The number of aromatic amines is 1. The molecule has 3 N–H and O–H groups in total. The van der Waals surface area contributed by atoms with E-state index in [1.807, 2.05) is 5.70 Å². The lowest BCUT2D eigenvalue weighted by atomic mass is 10.1. The van der Waals surface area contributed by atoms with Crippen molar-refractivity contribution in [2.75, 3.05) is 6.61 Å². The van der Waals surface area contributed by atoms with E-state index in [0.717, 1.165) is 4.57 Å². The van der Waals surface area contributed by atoms with Gasteiger partial charge in [0.25, 0.3) is 5.56 Å². The van der Waals surface area contributed by atoms with Crippen molar-refractivity contribution in [2.45, 2.75) is 44.2 Å². The summed E-state index contributed by atoms with van der Waals surface area (Å²) in [6.45, 7) is 5.66. The summed E-state index contributed by atoms with van der Waals surface area (Å²) < 4.78 is 20.2. The largest absolute Gasteiger partial charge is 0.394 e. The molecule has 1 aromatic rings. The van der Waals surface area contributed by atoms with E-state index in [-0.39, 0.29) is 5.56 Å². The monoisotopic (exact) mass is 344 g/mol. The van der Waals surface area contributed by atoms with Gasteiger partial charge in [-0.3, -0.25) is 14.3 Å². The number of ether oxygens (including phenoxy) is 1. The van der Waals surface area contributed by atoms with E-state index in [4.69, 9.17) is 9.84 Å². The lowest BCUT2D eigenvalue weighted by Crippen LogP contribution is -2.37. The zero-order valence-electron chi connectivity index (χ0n) is 13.2. The van der Waals surface area contributed by atoms with Crippen molar-refractivity contribution in [3.63, 3.8) is 0 Å². The second kappa shape index (κ2) is 6.52. The molecule has 0 spiro atoms. The average Bonchev–Trinajstić information content (AvgIpc) is 2.73. The number of alkyl halides is 1. The first-order valence-electron chi connectivity index (χ1n) is 7.27. The van der Waals surface area contributed by atoms with Crippen LogP contribution in [-0.2, 0) is 4.74 Å². The Balaban J connectivity index is 2.42. The van der Waals surface area contributed by atoms with E-state index in [0.29, 0.717) is 0 Å². The molecule has 128 valence electrons. The minimum atomic E-state index is -1.88. The number of hydrogen-bond donors (Lipinski definition) is 3. The van der Waals surface area contributed by atoms with Crippen LogP contribution in [-0.4, -0.2) is 52.8 Å². The Bertz CT molecular complexity index is 708. The summed E-state index contributed by atoms with van der Waals surface area (Å²) in [6.07, 6.45) is -3.13. The number of nitrogens with one attached hydrogen (secondary N) is 1. The summed E-state index contributed by atoms with van der Waals surface area (Å²) in [6, 6.07) is 0. The summed E-state index contributed by atoms with van der Waals surface area (Å²) in [5.74, 6) is 0. The molecule has 1 aliphatic heterocycles. The van der Waals surface area contributed by atoms with Gasteiger partial charge in [-0.1, -0.05) is 31.4 Å². The second-order valence-corrected chi connectivity index (χ2v) is 11.7. The van der Waals surface area contributed by atoms with E-state index in [2.05, 4.69) is 24.6 Å². The van der Waals surface area contributed by atoms with E-state index >= 15 is 0 Å². The molecule has 0 radical (unpaired) electrons. The molecule has 7 nitrogen and oxygen atoms in total. The van der Waals surface area contributed by atoms with Gasteiger partial charge in [0.05, 0.1) is 20.2 Å². The molecule has 4 atom stereocenters. The Hall–Kier alpha value is -1.55. The third-order valence-corrected chi connectivity index (χ3v) is 4.67. The smallest absolute Gasteiger partial charge is 0.330 e. The molecular formula is C14H21FN2O5Si. The molecule has 1 saturated heterocycles. The lowest BCUT2D eigenvalue weighted by Gasteiger charge is -2.16. The van der Waals surface area contributed by atoms with Gasteiger partial charge in [-0.2, -0.15) is 0 Å². The number of aromatic nitrogens is 2. The van der Waals surface area contributed by atoms with Crippen molar-refractivity contribution in [1.82, 2.24) is 9.55 Å². The average molecular weight is 344 g/mol. The van der Waals surface area contributed by atoms with Gasteiger partial charge in [-0.15, -0.1) is 0 Å². The van der Waals surface area contributed by atoms with E-state index in [9.17, 15) is 19.1 Å². The minimum Gasteiger partial charge on any atom is -0.394 e. The van der Waals surface area contributed by atoms with Crippen LogP contribution in [0.3, 0.4) is 0 Å². The Morgan fingerprint density at radius 3 is 2.61 bits per heavy atom. The van der Waals surface area contributed by atoms with Gasteiger partial charge in [-0.05, 0) is 0 Å². The maximum Gasteiger partial charge on any atom is 0.330 e. The maximum absolute atomic E-state index is 14.1. The molecule has 0 unspecified atom stereocenters. The molecule has 0 amide bonds. The van der Waals surface area contributed by atoms with Crippen molar-refractivity contribution in [3.8, 4) is 0 Å². The van der Waals surface area contributed by atoms with Crippen LogP contribution in [0.5, 0.6) is 0 Å². The van der Waals surface area contributed by atoms with Gasteiger partial charge >= 0.3 is 5.69 Å². The molecule has 1 aliphatic rings. The first kappa shape index (κ1) is 17.8.